The van der Waals surface area contributed by atoms with Crippen LogP contribution in [0.2, 0.25) is 0 Å². The molecule has 156 valence electrons. The van der Waals surface area contributed by atoms with Gasteiger partial charge in [-0.15, -0.1) is 5.10 Å². The number of aryl methyl sites for hydroxylation is 1. The van der Waals surface area contributed by atoms with Crippen LogP contribution >= 0.6 is 0 Å². The van der Waals surface area contributed by atoms with Crippen molar-refractivity contribution >= 4 is 11.8 Å². The number of likely N-dealkylation sites (N-methyl/N-ethyl adjacent to an activating group) is 1. The maximum atomic E-state index is 12.9. The molecule has 11 heteroatoms. The van der Waals surface area contributed by atoms with E-state index < -0.39 is 6.04 Å². The Balaban J connectivity index is 1.58. The smallest absolute Gasteiger partial charge is 0.274 e. The van der Waals surface area contributed by atoms with Crippen LogP contribution in [0.3, 0.4) is 0 Å². The number of rotatable bonds is 6. The monoisotopic (exact) mass is 402 g/mol. The normalized spacial score (nSPS) is 20.4. The number of aromatic nitrogens is 5. The predicted octanol–water partition coefficient (Wildman–Crippen LogP) is 0.0237. The van der Waals surface area contributed by atoms with E-state index >= 15 is 0 Å². The zero-order valence-corrected chi connectivity index (χ0v) is 16.7. The Morgan fingerprint density at radius 1 is 1.31 bits per heavy atom. The van der Waals surface area contributed by atoms with Crippen molar-refractivity contribution in [2.75, 3.05) is 26.7 Å². The third-order valence-corrected chi connectivity index (χ3v) is 5.59. The predicted molar refractivity (Wildman–Crippen MR) is 101 cm³/mol. The van der Waals surface area contributed by atoms with E-state index in [9.17, 15) is 9.59 Å². The largest absolute Gasteiger partial charge is 0.344 e. The van der Waals surface area contributed by atoms with E-state index in [1.807, 2.05) is 6.92 Å². The van der Waals surface area contributed by atoms with Gasteiger partial charge in [-0.05, 0) is 32.4 Å². The Labute approximate surface area is 168 Å². The average molecular weight is 402 g/mol. The van der Waals surface area contributed by atoms with Crippen LogP contribution in [0.25, 0.3) is 0 Å². The lowest BCUT2D eigenvalue weighted by Crippen LogP contribution is -2.32. The van der Waals surface area contributed by atoms with Crippen molar-refractivity contribution in [3.63, 3.8) is 0 Å². The first-order chi connectivity index (χ1) is 14.1. The van der Waals surface area contributed by atoms with E-state index in [4.69, 9.17) is 4.52 Å². The summed E-state index contributed by atoms with van der Waals surface area (Å²) in [6.45, 7) is 4.44. The molecule has 2 N–H and O–H groups in total. The molecule has 2 fully saturated rings. The molecule has 0 saturated carbocycles. The van der Waals surface area contributed by atoms with Crippen molar-refractivity contribution in [3.8, 4) is 0 Å². The van der Waals surface area contributed by atoms with Gasteiger partial charge in [0.2, 0.25) is 11.8 Å². The second kappa shape index (κ2) is 8.27. The summed E-state index contributed by atoms with van der Waals surface area (Å²) < 4.78 is 6.80. The molecule has 1 atom stereocenters. The zero-order chi connectivity index (χ0) is 20.4. The molecule has 2 amide bonds. The Hall–Kier alpha value is -2.82. The van der Waals surface area contributed by atoms with Gasteiger partial charge in [0.1, 0.15) is 6.04 Å². The number of nitrogens with one attached hydrogen (secondary N) is 2. The molecule has 2 aromatic rings. The lowest BCUT2D eigenvalue weighted by Gasteiger charge is -2.25. The fourth-order valence-corrected chi connectivity index (χ4v) is 3.94. The highest BCUT2D eigenvalue weighted by atomic mass is 16.5. The van der Waals surface area contributed by atoms with Crippen molar-refractivity contribution in [3.05, 3.63) is 23.1 Å². The number of hydrogen-bond acceptors (Lipinski definition) is 8. The van der Waals surface area contributed by atoms with E-state index in [0.29, 0.717) is 31.1 Å². The third-order valence-electron chi connectivity index (χ3n) is 5.59. The van der Waals surface area contributed by atoms with Crippen LogP contribution in [0.4, 0.5) is 0 Å². The third kappa shape index (κ3) is 3.86. The molecule has 0 radical (unpaired) electrons. The summed E-state index contributed by atoms with van der Waals surface area (Å²) in [6, 6.07) is -0.401. The zero-order valence-electron chi connectivity index (χ0n) is 16.7. The molecule has 1 unspecified atom stereocenters. The molecule has 0 spiro atoms. The molecule has 2 aliphatic rings. The fraction of sp³-hybridized carbons (Fsp3) is 0.667. The van der Waals surface area contributed by atoms with Gasteiger partial charge in [-0.1, -0.05) is 17.3 Å². The molecule has 2 aliphatic heterocycles. The van der Waals surface area contributed by atoms with Crippen molar-refractivity contribution in [1.82, 2.24) is 40.7 Å². The molecule has 4 rings (SSSR count). The summed E-state index contributed by atoms with van der Waals surface area (Å²) >= 11 is 0. The van der Waals surface area contributed by atoms with Crippen LogP contribution in [0.5, 0.6) is 0 Å². The van der Waals surface area contributed by atoms with Gasteiger partial charge < -0.3 is 20.1 Å². The molecule has 29 heavy (non-hydrogen) atoms. The highest BCUT2D eigenvalue weighted by molar-refractivity contribution is 5.93. The summed E-state index contributed by atoms with van der Waals surface area (Å²) in [5.74, 6) is 0.730. The lowest BCUT2D eigenvalue weighted by atomic mass is 9.92. The van der Waals surface area contributed by atoms with E-state index in [1.54, 1.807) is 16.6 Å². The Bertz CT molecular complexity index is 886. The Morgan fingerprint density at radius 3 is 2.76 bits per heavy atom. The van der Waals surface area contributed by atoms with Crippen LogP contribution in [0.1, 0.15) is 66.0 Å². The highest BCUT2D eigenvalue weighted by Gasteiger charge is 2.37. The number of nitrogens with zero attached hydrogens (tertiary/aromatic N) is 6. The maximum Gasteiger partial charge on any atom is 0.274 e. The number of hydrogen-bond donors (Lipinski definition) is 2. The number of likely N-dealkylation sites (tertiary alicyclic amines) is 1. The first kappa shape index (κ1) is 19.5. The van der Waals surface area contributed by atoms with Crippen molar-refractivity contribution < 1.29 is 14.1 Å². The molecular formula is C18H26N8O3. The molecule has 2 aromatic heterocycles. The first-order valence-corrected chi connectivity index (χ1v) is 10.1. The minimum absolute atomic E-state index is 0.00926. The summed E-state index contributed by atoms with van der Waals surface area (Å²) in [6.07, 6.45) is 3.07. The summed E-state index contributed by atoms with van der Waals surface area (Å²) in [4.78, 5) is 31.4. The molecule has 0 aliphatic carbocycles. The van der Waals surface area contributed by atoms with E-state index in [2.05, 4.69) is 31.1 Å². The standard InChI is InChI=1S/C18H26N8O3/c1-3-13-21-14(29-23-13)10-20-17(27)15-16(11-4-7-19-8-5-11)26(24-22-15)12-6-9-25(2)18(12)28/h11-12,19H,3-10H2,1-2H3,(H,20,27). The summed E-state index contributed by atoms with van der Waals surface area (Å²) in [5, 5.41) is 18.4. The number of carbonyl (C=O) groups excluding carboxylic acids is 2. The van der Waals surface area contributed by atoms with Gasteiger partial charge in [-0.25, -0.2) is 4.68 Å². The number of amides is 2. The maximum absolute atomic E-state index is 12.9. The SMILES string of the molecule is CCc1noc(CNC(=O)c2nnn(C3CCN(C)C3=O)c2C2CCNCC2)n1. The van der Waals surface area contributed by atoms with E-state index in [-0.39, 0.29) is 30.0 Å². The molecule has 0 bridgehead atoms. The van der Waals surface area contributed by atoms with Crippen molar-refractivity contribution in [1.29, 1.82) is 0 Å². The van der Waals surface area contributed by atoms with Crippen molar-refractivity contribution in [2.45, 2.75) is 51.1 Å². The molecular weight excluding hydrogens is 376 g/mol. The van der Waals surface area contributed by atoms with Gasteiger partial charge in [0.05, 0.1) is 12.2 Å². The minimum atomic E-state index is -0.401. The Kier molecular flexibility index (Phi) is 5.56. The van der Waals surface area contributed by atoms with Crippen molar-refractivity contribution in [2.24, 2.45) is 0 Å². The van der Waals surface area contributed by atoms with Crippen LogP contribution in [-0.2, 0) is 17.8 Å². The minimum Gasteiger partial charge on any atom is -0.344 e. The van der Waals surface area contributed by atoms with Crippen LogP contribution < -0.4 is 10.6 Å². The van der Waals surface area contributed by atoms with E-state index in [0.717, 1.165) is 31.6 Å². The van der Waals surface area contributed by atoms with E-state index in [1.165, 1.54) is 0 Å². The van der Waals surface area contributed by atoms with Gasteiger partial charge in [0, 0.05) is 25.9 Å². The highest BCUT2D eigenvalue weighted by Crippen LogP contribution is 2.32. The summed E-state index contributed by atoms with van der Waals surface area (Å²) in [7, 11) is 1.78. The first-order valence-electron chi connectivity index (χ1n) is 10.1. The number of piperidine rings is 1. The molecule has 11 nitrogen and oxygen atoms in total. The van der Waals surface area contributed by atoms with Gasteiger partial charge in [-0.2, -0.15) is 4.98 Å². The van der Waals surface area contributed by atoms with Crippen LogP contribution in [0, 0.1) is 0 Å². The quantitative estimate of drug-likeness (QED) is 0.692. The van der Waals surface area contributed by atoms with Gasteiger partial charge in [-0.3, -0.25) is 9.59 Å². The van der Waals surface area contributed by atoms with Gasteiger partial charge in [0.25, 0.3) is 5.91 Å². The van der Waals surface area contributed by atoms with Crippen LogP contribution in [0.15, 0.2) is 4.52 Å². The topological polar surface area (TPSA) is 131 Å². The lowest BCUT2D eigenvalue weighted by molar-refractivity contribution is -0.129. The van der Waals surface area contributed by atoms with Gasteiger partial charge in [0.15, 0.2) is 11.5 Å². The molecule has 0 aromatic carbocycles. The van der Waals surface area contributed by atoms with Crippen LogP contribution in [-0.4, -0.2) is 68.5 Å². The molecule has 4 heterocycles. The fourth-order valence-electron chi connectivity index (χ4n) is 3.94. The van der Waals surface area contributed by atoms with Gasteiger partial charge >= 0.3 is 0 Å². The Morgan fingerprint density at radius 2 is 2.10 bits per heavy atom. The molecule has 2 saturated heterocycles. The average Bonchev–Trinajstić information content (AvgIpc) is 3.46. The number of carbonyl (C=O) groups is 2. The second-order valence-corrected chi connectivity index (χ2v) is 7.50. The summed E-state index contributed by atoms with van der Waals surface area (Å²) in [5.41, 5.74) is 1.02. The second-order valence-electron chi connectivity index (χ2n) is 7.50.